The summed E-state index contributed by atoms with van der Waals surface area (Å²) in [6, 6.07) is 18.5. The van der Waals surface area contributed by atoms with Crippen molar-refractivity contribution in [3.05, 3.63) is 83.4 Å². The minimum atomic E-state index is -3.74. The first kappa shape index (κ1) is 23.3. The number of ether oxygens (including phenoxy) is 1. The van der Waals surface area contributed by atoms with E-state index in [1.807, 2.05) is 26.0 Å². The number of rotatable bonds is 8. The average Bonchev–Trinajstić information content (AvgIpc) is 2.75. The zero-order valence-corrected chi connectivity index (χ0v) is 19.5. The molecular weight excluding hydrogens is 424 g/mol. The number of carbonyl (C=O) groups excluding carboxylic acids is 1. The minimum Gasteiger partial charge on any atom is -0.493 e. The second-order valence-electron chi connectivity index (χ2n) is 8.13. The summed E-state index contributed by atoms with van der Waals surface area (Å²) in [6.45, 7) is 8.55. The van der Waals surface area contributed by atoms with Crippen LogP contribution in [0.4, 0.5) is 11.4 Å². The third-order valence-electron chi connectivity index (χ3n) is 4.75. The molecule has 0 spiro atoms. The number of hydrogen-bond acceptors (Lipinski definition) is 4. The maximum absolute atomic E-state index is 12.7. The third-order valence-corrected chi connectivity index (χ3v) is 6.13. The Kier molecular flexibility index (Phi) is 7.20. The standard InChI is InChI=1S/C25H28N2O4S/c1-17(2)16-31-22-10-6-20(7-11-22)25(28)26-21-8-12-23(13-9-21)32(29,30)27-24-14-5-18(3)15-19(24)4/h5-15,17,27H,16H2,1-4H3,(H,26,28). The summed E-state index contributed by atoms with van der Waals surface area (Å²) in [5.74, 6) is 0.839. The Morgan fingerprint density at radius 1 is 0.938 bits per heavy atom. The van der Waals surface area contributed by atoms with Crippen LogP contribution in [0.25, 0.3) is 0 Å². The van der Waals surface area contributed by atoms with Crippen LogP contribution in [0, 0.1) is 19.8 Å². The lowest BCUT2D eigenvalue weighted by atomic mass is 10.1. The molecule has 0 aliphatic heterocycles. The second-order valence-corrected chi connectivity index (χ2v) is 9.81. The predicted molar refractivity (Wildman–Crippen MR) is 128 cm³/mol. The molecule has 3 aromatic rings. The van der Waals surface area contributed by atoms with Gasteiger partial charge in [0.15, 0.2) is 0 Å². The lowest BCUT2D eigenvalue weighted by molar-refractivity contribution is 0.102. The molecule has 1 amide bonds. The van der Waals surface area contributed by atoms with E-state index in [1.165, 1.54) is 12.1 Å². The molecule has 0 heterocycles. The van der Waals surface area contributed by atoms with Crippen LogP contribution in [-0.2, 0) is 10.0 Å². The maximum atomic E-state index is 12.7. The van der Waals surface area contributed by atoms with E-state index in [1.54, 1.807) is 42.5 Å². The van der Waals surface area contributed by atoms with Crippen molar-refractivity contribution in [2.75, 3.05) is 16.6 Å². The van der Waals surface area contributed by atoms with Crippen molar-refractivity contribution in [1.82, 2.24) is 0 Å². The molecule has 168 valence electrons. The molecule has 0 bridgehead atoms. The Balaban J connectivity index is 1.65. The molecule has 2 N–H and O–H groups in total. The van der Waals surface area contributed by atoms with Crippen LogP contribution in [0.5, 0.6) is 5.75 Å². The summed E-state index contributed by atoms with van der Waals surface area (Å²) in [7, 11) is -3.74. The van der Waals surface area contributed by atoms with Crippen LogP contribution in [0.3, 0.4) is 0 Å². The van der Waals surface area contributed by atoms with Crippen molar-refractivity contribution >= 4 is 27.3 Å². The number of aryl methyl sites for hydroxylation is 2. The first-order valence-corrected chi connectivity index (χ1v) is 11.9. The van der Waals surface area contributed by atoms with Gasteiger partial charge in [-0.25, -0.2) is 8.42 Å². The van der Waals surface area contributed by atoms with Gasteiger partial charge < -0.3 is 10.1 Å². The highest BCUT2D eigenvalue weighted by Crippen LogP contribution is 2.22. The summed E-state index contributed by atoms with van der Waals surface area (Å²) in [5.41, 5.74) is 3.42. The van der Waals surface area contributed by atoms with Crippen molar-refractivity contribution < 1.29 is 17.9 Å². The van der Waals surface area contributed by atoms with Crippen molar-refractivity contribution in [3.63, 3.8) is 0 Å². The number of amides is 1. The van der Waals surface area contributed by atoms with Gasteiger partial charge >= 0.3 is 0 Å². The van der Waals surface area contributed by atoms with Crippen LogP contribution < -0.4 is 14.8 Å². The lowest BCUT2D eigenvalue weighted by Gasteiger charge is -2.12. The molecule has 0 saturated heterocycles. The fourth-order valence-corrected chi connectivity index (χ4v) is 4.15. The molecule has 32 heavy (non-hydrogen) atoms. The topological polar surface area (TPSA) is 84.5 Å². The molecule has 7 heteroatoms. The number of anilines is 2. The van der Waals surface area contributed by atoms with E-state index in [0.717, 1.165) is 11.1 Å². The highest BCUT2D eigenvalue weighted by atomic mass is 32.2. The van der Waals surface area contributed by atoms with E-state index in [-0.39, 0.29) is 10.8 Å². The van der Waals surface area contributed by atoms with Gasteiger partial charge in [-0.15, -0.1) is 0 Å². The Morgan fingerprint density at radius 2 is 1.59 bits per heavy atom. The first-order valence-electron chi connectivity index (χ1n) is 10.4. The molecule has 6 nitrogen and oxygen atoms in total. The van der Waals surface area contributed by atoms with E-state index in [9.17, 15) is 13.2 Å². The number of nitrogens with one attached hydrogen (secondary N) is 2. The van der Waals surface area contributed by atoms with Crippen LogP contribution in [0.15, 0.2) is 71.6 Å². The SMILES string of the molecule is Cc1ccc(NS(=O)(=O)c2ccc(NC(=O)c3ccc(OCC(C)C)cc3)cc2)c(C)c1. The zero-order valence-electron chi connectivity index (χ0n) is 18.7. The van der Waals surface area contributed by atoms with Gasteiger partial charge in [-0.2, -0.15) is 0 Å². The molecule has 0 aromatic heterocycles. The molecular formula is C25H28N2O4S. The largest absolute Gasteiger partial charge is 0.493 e. The molecule has 3 aromatic carbocycles. The predicted octanol–water partition coefficient (Wildman–Crippen LogP) is 5.39. The number of sulfonamides is 1. The fraction of sp³-hybridized carbons (Fsp3) is 0.240. The molecule has 0 aliphatic carbocycles. The summed E-state index contributed by atoms with van der Waals surface area (Å²) >= 11 is 0. The van der Waals surface area contributed by atoms with Crippen LogP contribution in [0.2, 0.25) is 0 Å². The molecule has 0 aliphatic rings. The van der Waals surface area contributed by atoms with Crippen LogP contribution in [-0.4, -0.2) is 20.9 Å². The fourth-order valence-electron chi connectivity index (χ4n) is 3.02. The smallest absolute Gasteiger partial charge is 0.261 e. The Hall–Kier alpha value is -3.32. The van der Waals surface area contributed by atoms with Gasteiger partial charge in [-0.1, -0.05) is 31.5 Å². The minimum absolute atomic E-state index is 0.113. The van der Waals surface area contributed by atoms with Gasteiger partial charge in [0.05, 0.1) is 17.2 Å². The zero-order chi connectivity index (χ0) is 23.3. The quantitative estimate of drug-likeness (QED) is 0.480. The van der Waals surface area contributed by atoms with Gasteiger partial charge in [0.25, 0.3) is 15.9 Å². The van der Waals surface area contributed by atoms with Gasteiger partial charge in [0.1, 0.15) is 5.75 Å². The van der Waals surface area contributed by atoms with Gasteiger partial charge in [0, 0.05) is 11.3 Å². The van der Waals surface area contributed by atoms with E-state index < -0.39 is 10.0 Å². The van der Waals surface area contributed by atoms with E-state index >= 15 is 0 Å². The summed E-state index contributed by atoms with van der Waals surface area (Å²) in [5, 5.41) is 2.78. The van der Waals surface area contributed by atoms with Gasteiger partial charge in [-0.05, 0) is 79.9 Å². The van der Waals surface area contributed by atoms with E-state index in [2.05, 4.69) is 23.9 Å². The Bertz CT molecular complexity index is 1190. The Morgan fingerprint density at radius 3 is 2.19 bits per heavy atom. The monoisotopic (exact) mass is 452 g/mol. The highest BCUT2D eigenvalue weighted by molar-refractivity contribution is 7.92. The molecule has 0 radical (unpaired) electrons. The highest BCUT2D eigenvalue weighted by Gasteiger charge is 2.16. The molecule has 0 saturated carbocycles. The summed E-state index contributed by atoms with van der Waals surface area (Å²) in [6.07, 6.45) is 0. The first-order chi connectivity index (χ1) is 15.1. The molecule has 0 atom stereocenters. The molecule has 0 unspecified atom stereocenters. The number of hydrogen-bond donors (Lipinski definition) is 2. The van der Waals surface area contributed by atoms with Gasteiger partial charge in [-0.3, -0.25) is 9.52 Å². The van der Waals surface area contributed by atoms with Gasteiger partial charge in [0.2, 0.25) is 0 Å². The summed E-state index contributed by atoms with van der Waals surface area (Å²) < 4.78 is 33.7. The summed E-state index contributed by atoms with van der Waals surface area (Å²) in [4.78, 5) is 12.6. The maximum Gasteiger partial charge on any atom is 0.261 e. The van der Waals surface area contributed by atoms with Crippen molar-refractivity contribution in [2.24, 2.45) is 5.92 Å². The van der Waals surface area contributed by atoms with E-state index in [4.69, 9.17) is 4.74 Å². The lowest BCUT2D eigenvalue weighted by Crippen LogP contribution is -2.15. The molecule has 0 fully saturated rings. The average molecular weight is 453 g/mol. The van der Waals surface area contributed by atoms with E-state index in [0.29, 0.717) is 35.2 Å². The van der Waals surface area contributed by atoms with Crippen LogP contribution in [0.1, 0.15) is 35.3 Å². The number of benzene rings is 3. The van der Waals surface area contributed by atoms with Crippen LogP contribution >= 0.6 is 0 Å². The third kappa shape index (κ3) is 6.11. The van der Waals surface area contributed by atoms with Crippen molar-refractivity contribution in [2.45, 2.75) is 32.6 Å². The normalized spacial score (nSPS) is 11.3. The van der Waals surface area contributed by atoms with Crippen molar-refractivity contribution in [1.29, 1.82) is 0 Å². The van der Waals surface area contributed by atoms with Crippen molar-refractivity contribution in [3.8, 4) is 5.75 Å². The number of carbonyl (C=O) groups is 1. The Labute approximate surface area is 189 Å². The second kappa shape index (κ2) is 9.87. The molecule has 3 rings (SSSR count).